The van der Waals surface area contributed by atoms with Crippen molar-refractivity contribution >= 4 is 28.8 Å². The van der Waals surface area contributed by atoms with Gasteiger partial charge in [0, 0.05) is 23.6 Å². The second kappa shape index (κ2) is 3.92. The van der Waals surface area contributed by atoms with Gasteiger partial charge in [0.25, 0.3) is 5.91 Å². The molecule has 6 heteroatoms. The molecule has 4 nitrogen and oxygen atoms in total. The number of amides is 1. The molecular weight excluding hydrogens is 246 g/mol. The number of nitrogens with two attached hydrogens (primary N) is 1. The molecule has 0 atom stereocenters. The molecule has 0 unspecified atom stereocenters. The lowest BCUT2D eigenvalue weighted by Gasteiger charge is -1.99. The van der Waals surface area contributed by atoms with Gasteiger partial charge in [0.1, 0.15) is 0 Å². The number of primary amides is 1. The molecule has 0 saturated carbocycles. The van der Waals surface area contributed by atoms with Gasteiger partial charge < -0.3 is 5.73 Å². The minimum absolute atomic E-state index is 0.415. The Bertz CT molecular complexity index is 558. The van der Waals surface area contributed by atoms with E-state index in [-0.39, 0.29) is 0 Å². The zero-order valence-electron chi connectivity index (χ0n) is 8.82. The fourth-order valence-electron chi connectivity index (χ4n) is 1.59. The highest BCUT2D eigenvalue weighted by Gasteiger charge is 2.15. The topological polar surface area (TPSA) is 60.9 Å². The van der Waals surface area contributed by atoms with Crippen LogP contribution in [0.5, 0.6) is 0 Å². The van der Waals surface area contributed by atoms with E-state index in [2.05, 4.69) is 5.10 Å². The normalized spacial score (nSPS) is 10.7. The Morgan fingerprint density at radius 1 is 1.62 bits per heavy atom. The van der Waals surface area contributed by atoms with Crippen LogP contribution in [0.1, 0.15) is 15.2 Å². The summed E-state index contributed by atoms with van der Waals surface area (Å²) in [5, 5.41) is 6.46. The monoisotopic (exact) mass is 255 g/mol. The lowest BCUT2D eigenvalue weighted by molar-refractivity contribution is 0.100. The first-order valence-corrected chi connectivity index (χ1v) is 5.84. The van der Waals surface area contributed by atoms with Crippen molar-refractivity contribution in [1.29, 1.82) is 0 Å². The molecule has 16 heavy (non-hydrogen) atoms. The van der Waals surface area contributed by atoms with Crippen molar-refractivity contribution in [2.24, 2.45) is 12.8 Å². The maximum absolute atomic E-state index is 11.0. The highest BCUT2D eigenvalue weighted by atomic mass is 35.5. The Morgan fingerprint density at radius 2 is 2.31 bits per heavy atom. The van der Waals surface area contributed by atoms with Crippen molar-refractivity contribution in [1.82, 2.24) is 9.78 Å². The first-order chi connectivity index (χ1) is 7.50. The van der Waals surface area contributed by atoms with E-state index < -0.39 is 5.91 Å². The molecule has 0 radical (unpaired) electrons. The fourth-order valence-corrected chi connectivity index (χ4v) is 2.54. The molecule has 0 spiro atoms. The fraction of sp³-hybridized carbons (Fsp3) is 0.200. The average Bonchev–Trinajstić information content (AvgIpc) is 2.74. The zero-order valence-corrected chi connectivity index (χ0v) is 10.4. The molecule has 84 valence electrons. The van der Waals surface area contributed by atoms with Crippen LogP contribution >= 0.6 is 22.9 Å². The van der Waals surface area contributed by atoms with Crippen molar-refractivity contribution < 1.29 is 4.79 Å². The molecule has 0 bridgehead atoms. The van der Waals surface area contributed by atoms with Crippen molar-refractivity contribution in [2.45, 2.75) is 6.92 Å². The average molecular weight is 256 g/mol. The Kier molecular flexibility index (Phi) is 2.73. The number of hydrogen-bond acceptors (Lipinski definition) is 3. The van der Waals surface area contributed by atoms with Gasteiger partial charge in [0.2, 0.25) is 0 Å². The summed E-state index contributed by atoms with van der Waals surface area (Å²) in [7, 11) is 1.82. The molecule has 0 saturated heterocycles. The summed E-state index contributed by atoms with van der Waals surface area (Å²) in [5.41, 5.74) is 7.94. The van der Waals surface area contributed by atoms with Gasteiger partial charge in [0.05, 0.1) is 10.6 Å². The lowest BCUT2D eigenvalue weighted by atomic mass is 10.1. The van der Waals surface area contributed by atoms with E-state index in [1.54, 1.807) is 10.7 Å². The highest BCUT2D eigenvalue weighted by molar-refractivity contribution is 7.12. The summed E-state index contributed by atoms with van der Waals surface area (Å²) in [6.45, 7) is 1.90. The van der Waals surface area contributed by atoms with Gasteiger partial charge in [-0.15, -0.1) is 11.3 Å². The van der Waals surface area contributed by atoms with Crippen molar-refractivity contribution in [2.75, 3.05) is 0 Å². The Morgan fingerprint density at radius 3 is 2.75 bits per heavy atom. The molecule has 2 N–H and O–H groups in total. The SMILES string of the molecule is Cc1c(Cl)nn(C)c1-c1csc(C(N)=O)c1. The van der Waals surface area contributed by atoms with Crippen LogP contribution in [-0.4, -0.2) is 15.7 Å². The van der Waals surface area contributed by atoms with Gasteiger partial charge >= 0.3 is 0 Å². The third kappa shape index (κ3) is 1.72. The molecule has 0 aliphatic carbocycles. The molecule has 2 aromatic heterocycles. The number of thiophene rings is 1. The first kappa shape index (κ1) is 11.2. The maximum atomic E-state index is 11.0. The summed E-state index contributed by atoms with van der Waals surface area (Å²) < 4.78 is 1.70. The predicted octanol–water partition coefficient (Wildman–Crippen LogP) is 2.21. The molecule has 1 amide bonds. The lowest BCUT2D eigenvalue weighted by Crippen LogP contribution is -2.08. The summed E-state index contributed by atoms with van der Waals surface area (Å²) >= 11 is 7.25. The third-order valence-electron chi connectivity index (χ3n) is 2.34. The minimum atomic E-state index is -0.415. The minimum Gasteiger partial charge on any atom is -0.365 e. The van der Waals surface area contributed by atoms with Crippen molar-refractivity contribution in [3.8, 4) is 11.3 Å². The maximum Gasteiger partial charge on any atom is 0.258 e. The molecular formula is C10H10ClN3OS. The van der Waals surface area contributed by atoms with E-state index in [1.807, 2.05) is 19.4 Å². The number of carbonyl (C=O) groups is 1. The molecule has 0 aromatic carbocycles. The summed E-state index contributed by atoms with van der Waals surface area (Å²) in [5.74, 6) is -0.415. The van der Waals surface area contributed by atoms with Gasteiger partial charge in [0.15, 0.2) is 5.15 Å². The number of hydrogen-bond donors (Lipinski definition) is 1. The number of carbonyl (C=O) groups excluding carboxylic acids is 1. The molecule has 2 rings (SSSR count). The van der Waals surface area contributed by atoms with Crippen LogP contribution in [0, 0.1) is 6.92 Å². The smallest absolute Gasteiger partial charge is 0.258 e. The van der Waals surface area contributed by atoms with Crippen LogP contribution in [0.4, 0.5) is 0 Å². The second-order valence-electron chi connectivity index (χ2n) is 3.45. The highest BCUT2D eigenvalue weighted by Crippen LogP contribution is 2.30. The molecule has 2 heterocycles. The Hall–Kier alpha value is -1.33. The molecule has 2 aromatic rings. The largest absolute Gasteiger partial charge is 0.365 e. The number of halogens is 1. The van der Waals surface area contributed by atoms with Crippen molar-refractivity contribution in [3.05, 3.63) is 27.0 Å². The van der Waals surface area contributed by atoms with E-state index in [9.17, 15) is 4.79 Å². The van der Waals surface area contributed by atoms with Gasteiger partial charge in [-0.05, 0) is 13.0 Å². The number of aromatic nitrogens is 2. The van der Waals surface area contributed by atoms with Gasteiger partial charge in [-0.3, -0.25) is 9.48 Å². The second-order valence-corrected chi connectivity index (χ2v) is 4.72. The van der Waals surface area contributed by atoms with E-state index >= 15 is 0 Å². The van der Waals surface area contributed by atoms with E-state index in [1.165, 1.54) is 11.3 Å². The predicted molar refractivity (Wildman–Crippen MR) is 64.8 cm³/mol. The van der Waals surface area contributed by atoms with Gasteiger partial charge in [-0.1, -0.05) is 11.6 Å². The molecule has 0 fully saturated rings. The van der Waals surface area contributed by atoms with E-state index in [0.29, 0.717) is 10.0 Å². The first-order valence-electron chi connectivity index (χ1n) is 4.58. The van der Waals surface area contributed by atoms with Crippen molar-refractivity contribution in [3.63, 3.8) is 0 Å². The third-order valence-corrected chi connectivity index (χ3v) is 3.65. The summed E-state index contributed by atoms with van der Waals surface area (Å²) in [6.07, 6.45) is 0. The number of nitrogens with zero attached hydrogens (tertiary/aromatic N) is 2. The van der Waals surface area contributed by atoms with Crippen LogP contribution in [0.25, 0.3) is 11.3 Å². The standard InChI is InChI=1S/C10H10ClN3OS/c1-5-8(14(2)13-9(5)11)6-3-7(10(12)15)16-4-6/h3-4H,1-2H3,(H2,12,15). The number of aryl methyl sites for hydroxylation is 1. The van der Waals surface area contributed by atoms with Gasteiger partial charge in [-0.25, -0.2) is 0 Å². The van der Waals surface area contributed by atoms with Crippen LogP contribution in [0.15, 0.2) is 11.4 Å². The van der Waals surface area contributed by atoms with Crippen LogP contribution < -0.4 is 5.73 Å². The summed E-state index contributed by atoms with van der Waals surface area (Å²) in [4.78, 5) is 11.5. The molecule has 0 aliphatic heterocycles. The Balaban J connectivity index is 2.54. The Labute approximate surface area is 102 Å². The quantitative estimate of drug-likeness (QED) is 0.894. The van der Waals surface area contributed by atoms with E-state index in [4.69, 9.17) is 17.3 Å². The van der Waals surface area contributed by atoms with E-state index in [0.717, 1.165) is 16.8 Å². The van der Waals surface area contributed by atoms with Gasteiger partial charge in [-0.2, -0.15) is 5.10 Å². The van der Waals surface area contributed by atoms with Crippen LogP contribution in [0.2, 0.25) is 5.15 Å². The molecule has 0 aliphatic rings. The summed E-state index contributed by atoms with van der Waals surface area (Å²) in [6, 6.07) is 1.76. The zero-order chi connectivity index (χ0) is 11.9. The number of rotatable bonds is 2. The van der Waals surface area contributed by atoms with Crippen LogP contribution in [-0.2, 0) is 7.05 Å². The van der Waals surface area contributed by atoms with Crippen LogP contribution in [0.3, 0.4) is 0 Å².